The number of nitrogens with zero attached hydrogens (tertiary/aromatic N) is 1. The number of carbonyl (C=O) groups excluding carboxylic acids is 1. The van der Waals surface area contributed by atoms with E-state index in [1.54, 1.807) is 0 Å². The van der Waals surface area contributed by atoms with Gasteiger partial charge in [-0.2, -0.15) is 6.42 Å². The molecule has 0 saturated carbocycles. The van der Waals surface area contributed by atoms with Gasteiger partial charge in [-0.15, -0.1) is 0 Å². The molecular formula is C18H21ClLiNO3. The SMILES string of the molecule is COC(=O)c1cc(OCc2ccccc2)ncc1Cl.[CH2-]CCC.[Li+]. The van der Waals surface area contributed by atoms with Crippen LogP contribution in [-0.2, 0) is 11.3 Å². The van der Waals surface area contributed by atoms with Gasteiger partial charge in [0.1, 0.15) is 6.61 Å². The number of halogens is 1. The molecule has 0 aliphatic carbocycles. The molecule has 4 nitrogen and oxygen atoms in total. The van der Waals surface area contributed by atoms with Crippen LogP contribution in [0.15, 0.2) is 42.6 Å². The topological polar surface area (TPSA) is 48.4 Å². The van der Waals surface area contributed by atoms with E-state index in [0.29, 0.717) is 12.5 Å². The van der Waals surface area contributed by atoms with E-state index in [4.69, 9.17) is 16.3 Å². The molecule has 2 rings (SSSR count). The number of rotatable bonds is 5. The van der Waals surface area contributed by atoms with Crippen LogP contribution in [0.2, 0.25) is 5.02 Å². The summed E-state index contributed by atoms with van der Waals surface area (Å²) in [6, 6.07) is 11.1. The average molecular weight is 342 g/mol. The van der Waals surface area contributed by atoms with Crippen molar-refractivity contribution in [2.24, 2.45) is 0 Å². The molecule has 0 amide bonds. The van der Waals surface area contributed by atoms with E-state index >= 15 is 0 Å². The van der Waals surface area contributed by atoms with Gasteiger partial charge in [0.25, 0.3) is 0 Å². The second-order valence-corrected chi connectivity index (χ2v) is 5.03. The zero-order valence-corrected chi connectivity index (χ0v) is 15.2. The Kier molecular flexibility index (Phi) is 12.1. The Morgan fingerprint density at radius 1 is 1.29 bits per heavy atom. The number of carbonyl (C=O) groups is 1. The number of hydrogen-bond acceptors (Lipinski definition) is 4. The Balaban J connectivity index is 0.000000954. The van der Waals surface area contributed by atoms with Gasteiger partial charge in [0.15, 0.2) is 0 Å². The standard InChI is InChI=1S/C14H12ClNO3.C4H9.Li/c1-18-14(17)11-7-13(16-8-12(11)15)19-9-10-5-3-2-4-6-10;1-3-4-2;/h2-8H,9H2,1H3;1,3-4H2,2H3;/q;-1;+1. The molecule has 6 heteroatoms. The number of benzene rings is 1. The minimum Gasteiger partial charge on any atom is -0.473 e. The summed E-state index contributed by atoms with van der Waals surface area (Å²) in [5.41, 5.74) is 1.25. The van der Waals surface area contributed by atoms with Gasteiger partial charge >= 0.3 is 24.8 Å². The normalized spacial score (nSPS) is 9.17. The first-order chi connectivity index (χ1) is 11.1. The minimum atomic E-state index is -0.517. The minimum absolute atomic E-state index is 0. The molecule has 0 radical (unpaired) electrons. The summed E-state index contributed by atoms with van der Waals surface area (Å²) >= 11 is 5.87. The largest absolute Gasteiger partial charge is 1.00 e. The first-order valence-electron chi connectivity index (χ1n) is 7.32. The van der Waals surface area contributed by atoms with Gasteiger partial charge < -0.3 is 16.4 Å². The molecule has 0 bridgehead atoms. The summed E-state index contributed by atoms with van der Waals surface area (Å²) in [6.07, 6.45) is 3.65. The van der Waals surface area contributed by atoms with E-state index in [1.807, 2.05) is 30.3 Å². The van der Waals surface area contributed by atoms with E-state index in [2.05, 4.69) is 23.6 Å². The van der Waals surface area contributed by atoms with Crippen molar-refractivity contribution in [1.29, 1.82) is 0 Å². The van der Waals surface area contributed by atoms with Crippen molar-refractivity contribution in [1.82, 2.24) is 4.98 Å². The molecule has 1 heterocycles. The Morgan fingerprint density at radius 3 is 2.46 bits per heavy atom. The van der Waals surface area contributed by atoms with Gasteiger partial charge in [-0.05, 0) is 5.56 Å². The summed E-state index contributed by atoms with van der Waals surface area (Å²) in [4.78, 5) is 15.5. The molecule has 1 aromatic carbocycles. The van der Waals surface area contributed by atoms with E-state index in [0.717, 1.165) is 12.0 Å². The van der Waals surface area contributed by atoms with Crippen molar-refractivity contribution in [3.05, 3.63) is 65.7 Å². The van der Waals surface area contributed by atoms with Crippen molar-refractivity contribution < 1.29 is 33.1 Å². The van der Waals surface area contributed by atoms with Crippen LogP contribution in [0.4, 0.5) is 0 Å². The van der Waals surface area contributed by atoms with Crippen molar-refractivity contribution >= 4 is 17.6 Å². The third-order valence-electron chi connectivity index (χ3n) is 2.82. The third-order valence-corrected chi connectivity index (χ3v) is 3.12. The van der Waals surface area contributed by atoms with Crippen molar-refractivity contribution in [2.45, 2.75) is 26.4 Å². The summed E-state index contributed by atoms with van der Waals surface area (Å²) in [6.45, 7) is 6.09. The van der Waals surface area contributed by atoms with Gasteiger partial charge in [-0.25, -0.2) is 9.78 Å². The summed E-state index contributed by atoms with van der Waals surface area (Å²) in [5.74, 6) is -0.189. The molecule has 0 fully saturated rings. The fourth-order valence-corrected chi connectivity index (χ4v) is 1.68. The summed E-state index contributed by atoms with van der Waals surface area (Å²) < 4.78 is 10.1. The van der Waals surface area contributed by atoms with Crippen LogP contribution < -0.4 is 23.6 Å². The predicted molar refractivity (Wildman–Crippen MR) is 91.6 cm³/mol. The van der Waals surface area contributed by atoms with Crippen LogP contribution in [0, 0.1) is 6.92 Å². The number of esters is 1. The van der Waals surface area contributed by atoms with Crippen LogP contribution in [-0.4, -0.2) is 18.1 Å². The van der Waals surface area contributed by atoms with E-state index in [1.165, 1.54) is 25.8 Å². The van der Waals surface area contributed by atoms with Gasteiger partial charge in [0.05, 0.1) is 23.9 Å². The van der Waals surface area contributed by atoms with Crippen LogP contribution >= 0.6 is 11.6 Å². The molecular weight excluding hydrogens is 321 g/mol. The average Bonchev–Trinajstić information content (AvgIpc) is 2.61. The number of aromatic nitrogens is 1. The van der Waals surface area contributed by atoms with Gasteiger partial charge in [0, 0.05) is 6.07 Å². The monoisotopic (exact) mass is 341 g/mol. The van der Waals surface area contributed by atoms with Crippen LogP contribution in [0.5, 0.6) is 5.88 Å². The van der Waals surface area contributed by atoms with Crippen molar-refractivity contribution in [2.75, 3.05) is 7.11 Å². The Bertz CT molecular complexity index is 606. The van der Waals surface area contributed by atoms with E-state index < -0.39 is 5.97 Å². The number of unbranched alkanes of at least 4 members (excludes halogenated alkanes) is 1. The van der Waals surface area contributed by atoms with Crippen LogP contribution in [0.1, 0.15) is 35.7 Å². The molecule has 0 N–H and O–H groups in total. The quantitative estimate of drug-likeness (QED) is 0.472. The second kappa shape index (κ2) is 12.9. The zero-order chi connectivity index (χ0) is 17.1. The fraction of sp³-hybridized carbons (Fsp3) is 0.278. The summed E-state index contributed by atoms with van der Waals surface area (Å²) in [5, 5.41) is 0.235. The molecule has 1 aromatic heterocycles. The van der Waals surface area contributed by atoms with E-state index in [9.17, 15) is 4.79 Å². The first kappa shape index (κ1) is 22.5. The summed E-state index contributed by atoms with van der Waals surface area (Å²) in [7, 11) is 1.30. The molecule has 0 aliphatic rings. The second-order valence-electron chi connectivity index (χ2n) is 4.62. The van der Waals surface area contributed by atoms with Crippen LogP contribution in [0.3, 0.4) is 0 Å². The Hall–Kier alpha value is -1.47. The fourth-order valence-electron chi connectivity index (χ4n) is 1.50. The Labute approximate surface area is 160 Å². The maximum Gasteiger partial charge on any atom is 1.00 e. The third kappa shape index (κ3) is 7.87. The van der Waals surface area contributed by atoms with Gasteiger partial charge in [0.2, 0.25) is 5.88 Å². The van der Waals surface area contributed by atoms with Crippen molar-refractivity contribution in [3.63, 3.8) is 0 Å². The number of ether oxygens (including phenoxy) is 2. The molecule has 2 aromatic rings. The molecule has 0 spiro atoms. The molecule has 124 valence electrons. The predicted octanol–water partition coefficient (Wildman–Crippen LogP) is 1.73. The number of methoxy groups -OCH3 is 1. The smallest absolute Gasteiger partial charge is 0.473 e. The Morgan fingerprint density at radius 2 is 1.92 bits per heavy atom. The molecule has 0 saturated heterocycles. The zero-order valence-electron chi connectivity index (χ0n) is 14.4. The van der Waals surface area contributed by atoms with Crippen LogP contribution in [0.25, 0.3) is 0 Å². The van der Waals surface area contributed by atoms with Gasteiger partial charge in [-0.1, -0.05) is 55.3 Å². The number of pyridine rings is 1. The molecule has 0 aliphatic heterocycles. The number of hydrogen-bond donors (Lipinski definition) is 0. The first-order valence-corrected chi connectivity index (χ1v) is 7.70. The molecule has 0 atom stereocenters. The van der Waals surface area contributed by atoms with Gasteiger partial charge in [-0.3, -0.25) is 0 Å². The molecule has 24 heavy (non-hydrogen) atoms. The maximum atomic E-state index is 11.5. The van der Waals surface area contributed by atoms with Crippen molar-refractivity contribution in [3.8, 4) is 5.88 Å². The molecule has 0 unspecified atom stereocenters. The maximum absolute atomic E-state index is 11.5. The van der Waals surface area contributed by atoms with E-state index in [-0.39, 0.29) is 29.4 Å².